The lowest BCUT2D eigenvalue weighted by Crippen LogP contribution is -2.68. The van der Waals surface area contributed by atoms with E-state index in [0.29, 0.717) is 4.31 Å². The van der Waals surface area contributed by atoms with Gasteiger partial charge in [0.25, 0.3) is 0 Å². The van der Waals surface area contributed by atoms with Crippen LogP contribution in [0.2, 0.25) is 0 Å². The minimum atomic E-state index is -5.28. The Kier molecular flexibility index (Phi) is 2.91. The summed E-state index contributed by atoms with van der Waals surface area (Å²) < 4.78 is 61.0. The lowest BCUT2D eigenvalue weighted by Gasteiger charge is -2.48. The van der Waals surface area contributed by atoms with E-state index in [2.05, 4.69) is 5.10 Å². The Labute approximate surface area is 101 Å². The van der Waals surface area contributed by atoms with Crippen LogP contribution >= 0.6 is 0 Å². The van der Waals surface area contributed by atoms with E-state index in [9.17, 15) is 21.6 Å². The quantitative estimate of drug-likeness (QED) is 0.826. The Morgan fingerprint density at radius 1 is 1.39 bits per heavy atom. The number of sulfonamides is 1. The molecule has 6 nitrogen and oxygen atoms in total. The van der Waals surface area contributed by atoms with Crippen molar-refractivity contribution in [3.63, 3.8) is 0 Å². The molecule has 0 radical (unpaired) electrons. The van der Waals surface area contributed by atoms with Crippen molar-refractivity contribution in [1.29, 1.82) is 0 Å². The van der Waals surface area contributed by atoms with Crippen molar-refractivity contribution in [3.05, 3.63) is 18.5 Å². The van der Waals surface area contributed by atoms with Gasteiger partial charge in [0.05, 0.1) is 0 Å². The second-order valence-corrected chi connectivity index (χ2v) is 6.03. The van der Waals surface area contributed by atoms with Crippen molar-refractivity contribution in [3.8, 4) is 0 Å². The molecule has 2 N–H and O–H groups in total. The fraction of sp³-hybridized carbons (Fsp3) is 0.625. The molecule has 0 aliphatic carbocycles. The van der Waals surface area contributed by atoms with E-state index in [1.165, 1.54) is 10.9 Å². The Balaban J connectivity index is 2.19. The Morgan fingerprint density at radius 2 is 2.00 bits per heavy atom. The summed E-state index contributed by atoms with van der Waals surface area (Å²) in [5.74, 6) is 0. The summed E-state index contributed by atoms with van der Waals surface area (Å²) in [4.78, 5) is 0. The van der Waals surface area contributed by atoms with Crippen LogP contribution < -0.4 is 5.73 Å². The van der Waals surface area contributed by atoms with E-state index in [-0.39, 0.29) is 19.6 Å². The molecule has 1 aromatic rings. The van der Waals surface area contributed by atoms with Crippen LogP contribution in [0, 0.1) is 0 Å². The van der Waals surface area contributed by atoms with Gasteiger partial charge in [0.15, 0.2) is 0 Å². The smallest absolute Gasteiger partial charge is 0.328 e. The molecule has 0 saturated carbocycles. The first kappa shape index (κ1) is 13.3. The number of alkyl halides is 3. The Morgan fingerprint density at radius 3 is 2.39 bits per heavy atom. The van der Waals surface area contributed by atoms with E-state index < -0.39 is 21.1 Å². The van der Waals surface area contributed by atoms with Crippen molar-refractivity contribution in [2.24, 2.45) is 5.73 Å². The lowest BCUT2D eigenvalue weighted by atomic mass is 9.93. The molecule has 0 bridgehead atoms. The third kappa shape index (κ3) is 1.80. The normalized spacial score (nSPS) is 20.7. The first-order chi connectivity index (χ1) is 8.23. The number of aromatic nitrogens is 2. The molecular weight excluding hydrogens is 273 g/mol. The van der Waals surface area contributed by atoms with Crippen LogP contribution in [0.15, 0.2) is 18.5 Å². The van der Waals surface area contributed by atoms with Crippen molar-refractivity contribution in [2.75, 3.05) is 19.6 Å². The highest BCUT2D eigenvalue weighted by Gasteiger charge is 2.58. The maximum Gasteiger partial charge on any atom is 0.511 e. The van der Waals surface area contributed by atoms with E-state index >= 15 is 0 Å². The van der Waals surface area contributed by atoms with Crippen LogP contribution in [0.1, 0.15) is 0 Å². The van der Waals surface area contributed by atoms with Crippen molar-refractivity contribution >= 4 is 10.0 Å². The molecule has 0 aromatic carbocycles. The van der Waals surface area contributed by atoms with Gasteiger partial charge in [-0.05, 0) is 6.07 Å². The van der Waals surface area contributed by atoms with Gasteiger partial charge in [-0.25, -0.2) is 8.42 Å². The summed E-state index contributed by atoms with van der Waals surface area (Å²) in [6.45, 7) is -0.640. The minimum Gasteiger partial charge on any atom is -0.328 e. The van der Waals surface area contributed by atoms with Gasteiger partial charge in [-0.3, -0.25) is 4.68 Å². The predicted molar refractivity (Wildman–Crippen MR) is 55.8 cm³/mol. The molecule has 0 atom stereocenters. The molecule has 1 saturated heterocycles. The second kappa shape index (κ2) is 3.93. The van der Waals surface area contributed by atoms with Crippen molar-refractivity contribution in [2.45, 2.75) is 11.0 Å². The van der Waals surface area contributed by atoms with Crippen LogP contribution in [0.4, 0.5) is 13.2 Å². The van der Waals surface area contributed by atoms with E-state index in [0.717, 1.165) is 0 Å². The maximum atomic E-state index is 12.3. The summed E-state index contributed by atoms with van der Waals surface area (Å²) >= 11 is 0. The summed E-state index contributed by atoms with van der Waals surface area (Å²) in [7, 11) is -5.28. The predicted octanol–water partition coefficient (Wildman–Crippen LogP) is -0.298. The molecule has 2 rings (SSSR count). The van der Waals surface area contributed by atoms with Gasteiger partial charge in [-0.2, -0.15) is 22.6 Å². The van der Waals surface area contributed by atoms with Gasteiger partial charge >= 0.3 is 15.5 Å². The van der Waals surface area contributed by atoms with Crippen LogP contribution in [0.5, 0.6) is 0 Å². The molecule has 1 fully saturated rings. The van der Waals surface area contributed by atoms with Crippen LogP contribution in [-0.2, 0) is 15.6 Å². The number of nitrogens with two attached hydrogens (primary N) is 1. The molecule has 1 aliphatic rings. The van der Waals surface area contributed by atoms with Crippen LogP contribution in [-0.4, -0.2) is 47.6 Å². The second-order valence-electron chi connectivity index (χ2n) is 4.10. The number of hydrogen-bond acceptors (Lipinski definition) is 4. The van der Waals surface area contributed by atoms with Crippen molar-refractivity contribution < 1.29 is 21.6 Å². The molecule has 102 valence electrons. The Hall–Kier alpha value is -1.13. The number of halogens is 3. The number of rotatable bonds is 3. The van der Waals surface area contributed by atoms with E-state index in [1.807, 2.05) is 0 Å². The average Bonchev–Trinajstić information content (AvgIpc) is 2.68. The molecule has 10 heteroatoms. The number of hydrogen-bond donors (Lipinski definition) is 1. The van der Waals surface area contributed by atoms with Crippen molar-refractivity contribution in [1.82, 2.24) is 14.1 Å². The fourth-order valence-electron chi connectivity index (χ4n) is 1.84. The zero-order chi connectivity index (χ0) is 13.6. The van der Waals surface area contributed by atoms with Crippen LogP contribution in [0.25, 0.3) is 0 Å². The zero-order valence-electron chi connectivity index (χ0n) is 9.13. The molecule has 0 spiro atoms. The molecular formula is C8H11F3N4O2S. The van der Waals surface area contributed by atoms with Gasteiger partial charge in [0, 0.05) is 32.0 Å². The first-order valence-electron chi connectivity index (χ1n) is 5.00. The molecule has 0 unspecified atom stereocenters. The molecule has 18 heavy (non-hydrogen) atoms. The molecule has 2 heterocycles. The standard InChI is InChI=1S/C8H11F3N4O2S/c9-8(10,11)18(16,17)14-5-7(4-12,6-14)15-3-1-2-13-15/h1-3H,4-6,12H2. The molecule has 1 aromatic heterocycles. The van der Waals surface area contributed by atoms with Gasteiger partial charge in [0.1, 0.15) is 5.54 Å². The maximum absolute atomic E-state index is 12.3. The monoisotopic (exact) mass is 284 g/mol. The summed E-state index contributed by atoms with van der Waals surface area (Å²) in [6, 6.07) is 1.60. The van der Waals surface area contributed by atoms with E-state index in [4.69, 9.17) is 5.73 Å². The highest BCUT2D eigenvalue weighted by Crippen LogP contribution is 2.36. The SMILES string of the molecule is NCC1(n2cccn2)CN(S(=O)(=O)C(F)(F)F)C1. The highest BCUT2D eigenvalue weighted by atomic mass is 32.2. The Bertz CT molecular complexity index is 519. The molecule has 1 aliphatic heterocycles. The van der Waals surface area contributed by atoms with Gasteiger partial charge in [-0.1, -0.05) is 0 Å². The lowest BCUT2D eigenvalue weighted by molar-refractivity contribution is -0.0562. The average molecular weight is 284 g/mol. The van der Waals surface area contributed by atoms with Gasteiger partial charge in [0.2, 0.25) is 0 Å². The third-order valence-electron chi connectivity index (χ3n) is 2.94. The van der Waals surface area contributed by atoms with Gasteiger partial charge in [-0.15, -0.1) is 0 Å². The first-order valence-corrected chi connectivity index (χ1v) is 6.44. The summed E-state index contributed by atoms with van der Waals surface area (Å²) in [5.41, 5.74) is -0.656. The molecule has 0 amide bonds. The third-order valence-corrected chi connectivity index (χ3v) is 4.47. The van der Waals surface area contributed by atoms with Gasteiger partial charge < -0.3 is 5.73 Å². The highest BCUT2D eigenvalue weighted by molar-refractivity contribution is 7.90. The van der Waals surface area contributed by atoms with E-state index in [1.54, 1.807) is 12.3 Å². The summed E-state index contributed by atoms with van der Waals surface area (Å²) in [6.07, 6.45) is 3.00. The summed E-state index contributed by atoms with van der Waals surface area (Å²) in [5, 5.41) is 3.89. The largest absolute Gasteiger partial charge is 0.511 e. The topological polar surface area (TPSA) is 81.2 Å². The van der Waals surface area contributed by atoms with Crippen LogP contribution in [0.3, 0.4) is 0 Å². The number of nitrogens with zero attached hydrogens (tertiary/aromatic N) is 3. The fourth-order valence-corrected chi connectivity index (χ4v) is 2.96. The zero-order valence-corrected chi connectivity index (χ0v) is 9.95. The minimum absolute atomic E-state index is 0.0125.